The van der Waals surface area contributed by atoms with Crippen molar-refractivity contribution in [1.82, 2.24) is 9.55 Å². The predicted octanol–water partition coefficient (Wildman–Crippen LogP) is 3.55. The Balaban J connectivity index is 1.86. The maximum atomic E-state index is 9.04. The second-order valence-electron chi connectivity index (χ2n) is 5.52. The average molecular weight is 281 g/mol. The fraction of sp³-hybridized carbons (Fsp3) is 0.412. The lowest BCUT2D eigenvalue weighted by molar-refractivity contribution is 0.0586. The number of nitriles is 1. The van der Waals surface area contributed by atoms with Crippen LogP contribution in [-0.2, 0) is 4.74 Å². The van der Waals surface area contributed by atoms with Crippen LogP contribution in [0.3, 0.4) is 0 Å². The molecule has 1 fully saturated rings. The number of benzene rings is 1. The Bertz CT molecular complexity index is 648. The molecule has 0 unspecified atom stereocenters. The van der Waals surface area contributed by atoms with Crippen LogP contribution in [0, 0.1) is 11.3 Å². The number of methoxy groups -OCH3 is 1. The van der Waals surface area contributed by atoms with Crippen LogP contribution in [0.25, 0.3) is 11.4 Å². The Hall–Kier alpha value is -2.12. The van der Waals surface area contributed by atoms with Gasteiger partial charge in [-0.2, -0.15) is 5.26 Å². The quantitative estimate of drug-likeness (QED) is 0.864. The van der Waals surface area contributed by atoms with E-state index in [9.17, 15) is 0 Å². The molecular formula is C17H19N3O. The van der Waals surface area contributed by atoms with Crippen molar-refractivity contribution in [2.45, 2.75) is 37.8 Å². The molecule has 1 aromatic carbocycles. The summed E-state index contributed by atoms with van der Waals surface area (Å²) in [5.74, 6) is 0.952. The topological polar surface area (TPSA) is 50.8 Å². The van der Waals surface area contributed by atoms with Crippen LogP contribution in [0.1, 0.15) is 37.3 Å². The van der Waals surface area contributed by atoms with Crippen molar-refractivity contribution < 1.29 is 4.74 Å². The van der Waals surface area contributed by atoms with Crippen molar-refractivity contribution in [3.8, 4) is 17.5 Å². The van der Waals surface area contributed by atoms with Gasteiger partial charge in [0.25, 0.3) is 0 Å². The Morgan fingerprint density at radius 1 is 1.29 bits per heavy atom. The largest absolute Gasteiger partial charge is 0.381 e. The smallest absolute Gasteiger partial charge is 0.140 e. The number of aromatic nitrogens is 2. The van der Waals surface area contributed by atoms with Gasteiger partial charge in [-0.3, -0.25) is 0 Å². The molecule has 2 aromatic rings. The zero-order valence-electron chi connectivity index (χ0n) is 12.2. The highest BCUT2D eigenvalue weighted by Gasteiger charge is 2.23. The summed E-state index contributed by atoms with van der Waals surface area (Å²) in [6.45, 7) is 0. The first-order valence-electron chi connectivity index (χ1n) is 7.38. The molecule has 108 valence electrons. The molecule has 0 radical (unpaired) electrons. The number of rotatable bonds is 3. The van der Waals surface area contributed by atoms with Gasteiger partial charge in [0, 0.05) is 31.1 Å². The summed E-state index contributed by atoms with van der Waals surface area (Å²) in [4.78, 5) is 4.50. The van der Waals surface area contributed by atoms with Crippen molar-refractivity contribution in [1.29, 1.82) is 5.26 Å². The molecule has 3 rings (SSSR count). The van der Waals surface area contributed by atoms with Crippen molar-refractivity contribution in [2.24, 2.45) is 0 Å². The monoisotopic (exact) mass is 281 g/mol. The van der Waals surface area contributed by atoms with Gasteiger partial charge in [0.05, 0.1) is 17.7 Å². The van der Waals surface area contributed by atoms with Crippen molar-refractivity contribution in [2.75, 3.05) is 7.11 Å². The summed E-state index contributed by atoms with van der Waals surface area (Å²) in [7, 11) is 1.79. The molecule has 1 aromatic heterocycles. The highest BCUT2D eigenvalue weighted by atomic mass is 16.5. The summed E-state index contributed by atoms with van der Waals surface area (Å²) < 4.78 is 7.69. The number of ether oxygens (including phenoxy) is 1. The van der Waals surface area contributed by atoms with Crippen LogP contribution in [-0.4, -0.2) is 22.8 Å². The van der Waals surface area contributed by atoms with Crippen LogP contribution in [0.5, 0.6) is 0 Å². The van der Waals surface area contributed by atoms with E-state index in [2.05, 4.69) is 15.6 Å². The van der Waals surface area contributed by atoms with E-state index in [-0.39, 0.29) is 0 Å². The third-order valence-corrected chi connectivity index (χ3v) is 4.29. The highest BCUT2D eigenvalue weighted by molar-refractivity contribution is 5.58. The van der Waals surface area contributed by atoms with Crippen molar-refractivity contribution >= 4 is 0 Å². The van der Waals surface area contributed by atoms with E-state index >= 15 is 0 Å². The standard InChI is InChI=1S/C17H19N3O/c1-21-16-7-5-15(6-8-16)20-10-9-19-17(20)14-4-2-3-13(11-14)12-18/h2-4,9-11,15-16H,5-8H2,1H3. The minimum Gasteiger partial charge on any atom is -0.381 e. The highest BCUT2D eigenvalue weighted by Crippen LogP contribution is 2.33. The molecule has 0 aliphatic heterocycles. The molecule has 0 amide bonds. The third kappa shape index (κ3) is 2.84. The Morgan fingerprint density at radius 2 is 2.10 bits per heavy atom. The zero-order valence-corrected chi connectivity index (χ0v) is 12.2. The SMILES string of the molecule is COC1CCC(n2ccnc2-c2cccc(C#N)c2)CC1. The fourth-order valence-corrected chi connectivity index (χ4v) is 3.12. The van der Waals surface area contributed by atoms with E-state index in [1.165, 1.54) is 0 Å². The molecular weight excluding hydrogens is 262 g/mol. The lowest BCUT2D eigenvalue weighted by Gasteiger charge is -2.29. The van der Waals surface area contributed by atoms with Gasteiger partial charge in [-0.05, 0) is 37.8 Å². The van der Waals surface area contributed by atoms with Crippen LogP contribution in [0.4, 0.5) is 0 Å². The van der Waals surface area contributed by atoms with Crippen LogP contribution < -0.4 is 0 Å². The molecule has 0 saturated heterocycles. The number of hydrogen-bond acceptors (Lipinski definition) is 3. The molecule has 21 heavy (non-hydrogen) atoms. The second-order valence-corrected chi connectivity index (χ2v) is 5.52. The van der Waals surface area contributed by atoms with Crippen molar-refractivity contribution in [3.05, 3.63) is 42.2 Å². The molecule has 1 aliphatic rings. The summed E-state index contributed by atoms with van der Waals surface area (Å²) in [6.07, 6.45) is 8.70. The molecule has 0 spiro atoms. The van der Waals surface area contributed by atoms with Gasteiger partial charge in [-0.1, -0.05) is 12.1 Å². The molecule has 0 N–H and O–H groups in total. The maximum Gasteiger partial charge on any atom is 0.140 e. The Kier molecular flexibility index (Phi) is 4.03. The van der Waals surface area contributed by atoms with Gasteiger partial charge in [-0.15, -0.1) is 0 Å². The minimum atomic E-state index is 0.398. The number of imidazole rings is 1. The molecule has 0 atom stereocenters. The Labute approximate surface area is 125 Å². The summed E-state index contributed by atoms with van der Waals surface area (Å²) in [6, 6.07) is 10.3. The van der Waals surface area contributed by atoms with Crippen LogP contribution in [0.15, 0.2) is 36.7 Å². The minimum absolute atomic E-state index is 0.398. The van der Waals surface area contributed by atoms with Gasteiger partial charge in [0.15, 0.2) is 0 Å². The van der Waals surface area contributed by atoms with Gasteiger partial charge < -0.3 is 9.30 Å². The van der Waals surface area contributed by atoms with Gasteiger partial charge in [0.2, 0.25) is 0 Å². The second kappa shape index (κ2) is 6.11. The third-order valence-electron chi connectivity index (χ3n) is 4.29. The first kappa shape index (κ1) is 13.8. The normalized spacial score (nSPS) is 21.9. The van der Waals surface area contributed by atoms with E-state index in [0.29, 0.717) is 17.7 Å². The van der Waals surface area contributed by atoms with E-state index in [4.69, 9.17) is 10.00 Å². The lowest BCUT2D eigenvalue weighted by Crippen LogP contribution is -2.22. The number of hydrogen-bond donors (Lipinski definition) is 0. The summed E-state index contributed by atoms with van der Waals surface area (Å²) in [5.41, 5.74) is 1.68. The number of nitrogens with zero attached hydrogens (tertiary/aromatic N) is 3. The van der Waals surface area contributed by atoms with E-state index in [0.717, 1.165) is 37.1 Å². The maximum absolute atomic E-state index is 9.04. The average Bonchev–Trinajstić information content (AvgIpc) is 3.04. The van der Waals surface area contributed by atoms with Crippen LogP contribution in [0.2, 0.25) is 0 Å². The van der Waals surface area contributed by atoms with Gasteiger partial charge in [-0.25, -0.2) is 4.98 Å². The van der Waals surface area contributed by atoms with E-state index < -0.39 is 0 Å². The van der Waals surface area contributed by atoms with Gasteiger partial charge in [0.1, 0.15) is 5.82 Å². The van der Waals surface area contributed by atoms with Crippen LogP contribution >= 0.6 is 0 Å². The first-order valence-corrected chi connectivity index (χ1v) is 7.38. The lowest BCUT2D eigenvalue weighted by atomic mass is 9.92. The fourth-order valence-electron chi connectivity index (χ4n) is 3.12. The van der Waals surface area contributed by atoms with Gasteiger partial charge >= 0.3 is 0 Å². The molecule has 1 saturated carbocycles. The molecule has 1 heterocycles. The molecule has 4 heteroatoms. The van der Waals surface area contributed by atoms with E-state index in [1.807, 2.05) is 36.7 Å². The summed E-state index contributed by atoms with van der Waals surface area (Å²) >= 11 is 0. The summed E-state index contributed by atoms with van der Waals surface area (Å²) in [5, 5.41) is 9.04. The zero-order chi connectivity index (χ0) is 14.7. The van der Waals surface area contributed by atoms with Crippen molar-refractivity contribution in [3.63, 3.8) is 0 Å². The molecule has 0 bridgehead atoms. The first-order chi connectivity index (χ1) is 10.3. The molecule has 4 nitrogen and oxygen atoms in total. The predicted molar refractivity (Wildman–Crippen MR) is 80.7 cm³/mol. The molecule has 1 aliphatic carbocycles. The Morgan fingerprint density at radius 3 is 2.81 bits per heavy atom. The van der Waals surface area contributed by atoms with E-state index in [1.54, 1.807) is 7.11 Å².